The molecule has 0 heterocycles. The van der Waals surface area contributed by atoms with Gasteiger partial charge in [0.15, 0.2) is 0 Å². The van der Waals surface area contributed by atoms with Gasteiger partial charge >= 0.3 is 5.97 Å². The second-order valence-corrected chi connectivity index (χ2v) is 9.95. The fourth-order valence-corrected chi connectivity index (χ4v) is 5.16. The maximum atomic E-state index is 12.6. The van der Waals surface area contributed by atoms with Crippen molar-refractivity contribution in [1.82, 2.24) is 0 Å². The maximum absolute atomic E-state index is 12.6. The van der Waals surface area contributed by atoms with E-state index < -0.39 is 16.5 Å². The van der Waals surface area contributed by atoms with Gasteiger partial charge in [-0.2, -0.15) is 0 Å². The Bertz CT molecular complexity index is 900. The highest BCUT2D eigenvalue weighted by Crippen LogP contribution is 2.64. The van der Waals surface area contributed by atoms with Gasteiger partial charge in [-0.25, -0.2) is 0 Å². The van der Waals surface area contributed by atoms with E-state index >= 15 is 0 Å². The first-order valence-corrected chi connectivity index (χ1v) is 10.9. The Hall–Kier alpha value is -2.84. The molecule has 3 aliphatic rings. The number of Topliss-reactive ketones (excluding diaryl/α,β-unsaturated/α-hetero) is 1. The Balaban J connectivity index is 1.70. The fourth-order valence-electron chi connectivity index (χ4n) is 5.16. The molecular weight excluding hydrogens is 418 g/mol. The van der Waals surface area contributed by atoms with Crippen molar-refractivity contribution in [1.29, 1.82) is 0 Å². The van der Waals surface area contributed by atoms with Gasteiger partial charge < -0.3 is 19.8 Å². The van der Waals surface area contributed by atoms with Crippen LogP contribution < -0.4 is 0 Å². The van der Waals surface area contributed by atoms with Crippen LogP contribution in [0.5, 0.6) is 11.5 Å². The van der Waals surface area contributed by atoms with Crippen LogP contribution in [0.3, 0.4) is 0 Å². The van der Waals surface area contributed by atoms with Crippen molar-refractivity contribution in [3.63, 3.8) is 0 Å². The number of esters is 1. The molecule has 3 fully saturated rings. The first-order valence-electron chi connectivity index (χ1n) is 10.9. The van der Waals surface area contributed by atoms with Crippen LogP contribution in [0.15, 0.2) is 12.1 Å². The molecule has 2 bridgehead atoms. The number of phenolic OH excluding ortho intramolecular Hbond substituents is 2. The highest BCUT2D eigenvalue weighted by Gasteiger charge is 2.59. The van der Waals surface area contributed by atoms with Gasteiger partial charge in [0.2, 0.25) is 0 Å². The summed E-state index contributed by atoms with van der Waals surface area (Å²) in [5.74, 6) is -0.647. The monoisotopic (exact) mass is 449 g/mol. The second-order valence-electron chi connectivity index (χ2n) is 9.95. The Labute approximate surface area is 186 Å². The van der Waals surface area contributed by atoms with E-state index in [1.165, 1.54) is 12.1 Å². The van der Waals surface area contributed by atoms with E-state index in [-0.39, 0.29) is 53.7 Å². The van der Waals surface area contributed by atoms with Crippen LogP contribution in [0.2, 0.25) is 0 Å². The van der Waals surface area contributed by atoms with Crippen LogP contribution in [0, 0.1) is 27.4 Å². The zero-order chi connectivity index (χ0) is 23.8. The molecule has 0 spiro atoms. The van der Waals surface area contributed by atoms with Crippen LogP contribution in [0.1, 0.15) is 70.4 Å². The number of nitrogens with zero attached hydrogens (tertiary/aromatic N) is 1. The van der Waals surface area contributed by atoms with Crippen molar-refractivity contribution in [2.75, 3.05) is 13.2 Å². The van der Waals surface area contributed by atoms with Crippen molar-refractivity contribution >= 4 is 11.8 Å². The molecule has 1 aromatic carbocycles. The minimum atomic E-state index is -1.14. The molecule has 3 atom stereocenters. The van der Waals surface area contributed by atoms with Crippen LogP contribution in [-0.4, -0.2) is 40.3 Å². The number of rotatable bonds is 9. The minimum absolute atomic E-state index is 0.0483. The second kappa shape index (κ2) is 8.60. The molecule has 0 unspecified atom stereocenters. The molecule has 0 aromatic heterocycles. The number of hydrogen-bond donors (Lipinski definition) is 2. The molecule has 0 amide bonds. The van der Waals surface area contributed by atoms with E-state index in [4.69, 9.17) is 4.74 Å². The molecule has 3 aliphatic carbocycles. The SMILES string of the molecule is CC(C)(C(=O)OCCCCO[N+](=O)[O-])c1cc(O)c([C@@H]2CC(=O)[C@@H]3C[C@H]2C3(C)C)c(O)c1. The average Bonchev–Trinajstić information content (AvgIpc) is 2.68. The number of benzene rings is 1. The number of phenols is 2. The van der Waals surface area contributed by atoms with Gasteiger partial charge in [0.05, 0.1) is 18.6 Å². The lowest BCUT2D eigenvalue weighted by molar-refractivity contribution is -0.757. The first kappa shape index (κ1) is 23.8. The predicted octanol–water partition coefficient (Wildman–Crippen LogP) is 3.63. The van der Waals surface area contributed by atoms with Crippen molar-refractivity contribution < 1.29 is 34.5 Å². The number of ether oxygens (including phenoxy) is 1. The molecule has 9 nitrogen and oxygen atoms in total. The summed E-state index contributed by atoms with van der Waals surface area (Å²) in [6.07, 6.45) is 1.83. The van der Waals surface area contributed by atoms with E-state index in [2.05, 4.69) is 18.7 Å². The highest BCUT2D eigenvalue weighted by atomic mass is 16.9. The number of aromatic hydroxyl groups is 2. The van der Waals surface area contributed by atoms with Gasteiger partial charge in [-0.15, -0.1) is 10.1 Å². The standard InChI is InChI=1S/C23H31NO8/c1-22(2,21(28)31-7-5-6-8-32-24(29)30)13-9-18(26)20(19(27)10-13)14-11-17(25)16-12-15(14)23(16,3)4/h9-10,14-16,26-27H,5-8,11-12H2,1-4H3/t14-,15-,16+/m1/s1. The first-order chi connectivity index (χ1) is 14.9. The Morgan fingerprint density at radius 2 is 1.81 bits per heavy atom. The number of fused-ring (bicyclic) bond motifs is 2. The third-order valence-electron chi connectivity index (χ3n) is 7.35. The minimum Gasteiger partial charge on any atom is -0.508 e. The molecule has 3 saturated carbocycles. The topological polar surface area (TPSA) is 136 Å². The Morgan fingerprint density at radius 1 is 1.22 bits per heavy atom. The van der Waals surface area contributed by atoms with E-state index in [0.717, 1.165) is 6.42 Å². The fraction of sp³-hybridized carbons (Fsp3) is 0.652. The number of carbonyl (C=O) groups is 2. The quantitative estimate of drug-likeness (QED) is 0.252. The largest absolute Gasteiger partial charge is 0.508 e. The summed E-state index contributed by atoms with van der Waals surface area (Å²) in [7, 11) is 0. The predicted molar refractivity (Wildman–Crippen MR) is 114 cm³/mol. The average molecular weight is 450 g/mol. The summed E-state index contributed by atoms with van der Waals surface area (Å²) >= 11 is 0. The Morgan fingerprint density at radius 3 is 2.34 bits per heavy atom. The van der Waals surface area contributed by atoms with Gasteiger partial charge in [0.1, 0.15) is 17.3 Å². The summed E-state index contributed by atoms with van der Waals surface area (Å²) in [5.41, 5.74) is -0.543. The summed E-state index contributed by atoms with van der Waals surface area (Å²) in [6.45, 7) is 7.37. The molecule has 9 heteroatoms. The van der Waals surface area contributed by atoms with Crippen LogP contribution in [-0.2, 0) is 24.6 Å². The zero-order valence-electron chi connectivity index (χ0n) is 18.9. The van der Waals surface area contributed by atoms with Gasteiger partial charge in [0.25, 0.3) is 5.09 Å². The number of ketones is 1. The van der Waals surface area contributed by atoms with E-state index in [1.807, 2.05) is 0 Å². The normalized spacial score (nSPS) is 23.9. The van der Waals surface area contributed by atoms with Gasteiger partial charge in [-0.1, -0.05) is 13.8 Å². The molecule has 32 heavy (non-hydrogen) atoms. The van der Waals surface area contributed by atoms with E-state index in [1.54, 1.807) is 13.8 Å². The summed E-state index contributed by atoms with van der Waals surface area (Å²) in [5, 5.41) is 30.8. The van der Waals surface area contributed by atoms with Crippen LogP contribution >= 0.6 is 0 Å². The lowest BCUT2D eigenvalue weighted by Gasteiger charge is -2.59. The number of carbonyl (C=O) groups excluding carboxylic acids is 2. The van der Waals surface area contributed by atoms with Gasteiger partial charge in [-0.3, -0.25) is 9.59 Å². The molecule has 0 aliphatic heterocycles. The highest BCUT2D eigenvalue weighted by molar-refractivity contribution is 5.86. The van der Waals surface area contributed by atoms with E-state index in [9.17, 15) is 29.9 Å². The molecule has 4 rings (SSSR count). The Kier molecular flexibility index (Phi) is 6.40. The zero-order valence-corrected chi connectivity index (χ0v) is 18.9. The summed E-state index contributed by atoms with van der Waals surface area (Å²) in [4.78, 5) is 39.5. The van der Waals surface area contributed by atoms with Crippen molar-refractivity contribution in [3.05, 3.63) is 33.4 Å². The van der Waals surface area contributed by atoms with Crippen molar-refractivity contribution in [2.45, 2.75) is 64.7 Å². The molecule has 0 radical (unpaired) electrons. The van der Waals surface area contributed by atoms with Crippen LogP contribution in [0.25, 0.3) is 0 Å². The number of hydrogen-bond acceptors (Lipinski definition) is 8. The lowest BCUT2D eigenvalue weighted by Crippen LogP contribution is -2.56. The smallest absolute Gasteiger partial charge is 0.315 e. The van der Waals surface area contributed by atoms with Crippen LogP contribution in [0.4, 0.5) is 0 Å². The number of unbranched alkanes of at least 4 members (excludes halogenated alkanes) is 1. The molecular formula is C23H31NO8. The van der Waals surface area contributed by atoms with E-state index in [0.29, 0.717) is 30.4 Å². The van der Waals surface area contributed by atoms with Gasteiger partial charge in [0, 0.05) is 23.8 Å². The maximum Gasteiger partial charge on any atom is 0.315 e. The molecule has 0 saturated heterocycles. The summed E-state index contributed by atoms with van der Waals surface area (Å²) in [6, 6.07) is 2.92. The van der Waals surface area contributed by atoms with Crippen molar-refractivity contribution in [3.8, 4) is 11.5 Å². The molecule has 176 valence electrons. The molecule has 2 N–H and O–H groups in total. The third kappa shape index (κ3) is 4.25. The van der Waals surface area contributed by atoms with Gasteiger partial charge in [-0.05, 0) is 62.1 Å². The summed E-state index contributed by atoms with van der Waals surface area (Å²) < 4.78 is 5.29. The lowest BCUT2D eigenvalue weighted by atomic mass is 9.44. The molecule has 1 aromatic rings. The third-order valence-corrected chi connectivity index (χ3v) is 7.35. The van der Waals surface area contributed by atoms with Crippen molar-refractivity contribution in [2.24, 2.45) is 17.3 Å².